The van der Waals surface area contributed by atoms with Crippen LogP contribution < -0.4 is 4.74 Å². The molecule has 0 aromatic heterocycles. The van der Waals surface area contributed by atoms with Crippen molar-refractivity contribution in [2.45, 2.75) is 39.0 Å². The van der Waals surface area contributed by atoms with E-state index in [0.29, 0.717) is 55.1 Å². The maximum Gasteiger partial charge on any atom is 0.167 e. The fourth-order valence-corrected chi connectivity index (χ4v) is 4.69. The van der Waals surface area contributed by atoms with E-state index in [-0.39, 0.29) is 27.7 Å². The summed E-state index contributed by atoms with van der Waals surface area (Å²) >= 11 is 6.04. The molecule has 0 atom stereocenters. The molecular weight excluding hydrogens is 418 g/mol. The van der Waals surface area contributed by atoms with Crippen molar-refractivity contribution in [2.75, 3.05) is 13.2 Å². The summed E-state index contributed by atoms with van der Waals surface area (Å²) in [4.78, 5) is 23.9. The van der Waals surface area contributed by atoms with Crippen LogP contribution in [0.1, 0.15) is 43.7 Å². The molecule has 2 aromatic carbocycles. The number of halogens is 1. The van der Waals surface area contributed by atoms with Gasteiger partial charge in [-0.1, -0.05) is 24.6 Å². The molecule has 0 unspecified atom stereocenters. The molecular formula is C24H24ClNO5. The van der Waals surface area contributed by atoms with Gasteiger partial charge in [0.2, 0.25) is 0 Å². The van der Waals surface area contributed by atoms with Gasteiger partial charge in [-0.3, -0.25) is 4.79 Å². The van der Waals surface area contributed by atoms with Crippen molar-refractivity contribution in [1.29, 1.82) is 0 Å². The van der Waals surface area contributed by atoms with Crippen molar-refractivity contribution >= 4 is 28.6 Å². The van der Waals surface area contributed by atoms with E-state index in [9.17, 15) is 14.8 Å². The van der Waals surface area contributed by atoms with Gasteiger partial charge in [-0.15, -0.1) is 4.91 Å². The number of aliphatic hydroxyl groups excluding tert-OH is 1. The van der Waals surface area contributed by atoms with Gasteiger partial charge in [0.15, 0.2) is 5.78 Å². The van der Waals surface area contributed by atoms with E-state index in [1.54, 1.807) is 12.1 Å². The highest BCUT2D eigenvalue weighted by Crippen LogP contribution is 2.47. The molecule has 6 nitrogen and oxygen atoms in total. The zero-order valence-corrected chi connectivity index (χ0v) is 18.1. The molecule has 1 N–H and O–H groups in total. The first-order valence-electron chi connectivity index (χ1n) is 10.4. The minimum absolute atomic E-state index is 0.0399. The maximum atomic E-state index is 13.2. The van der Waals surface area contributed by atoms with Crippen LogP contribution >= 0.6 is 11.6 Å². The maximum absolute atomic E-state index is 13.2. The SMILES string of the molecule is CCc1ccc(Oc2ccc(N=O)c(Cl)c2)cc1C1=C(O)CC2(CCOCC2)CC1=O. The number of allylic oxidation sites excluding steroid dienone is 2. The Kier molecular flexibility index (Phi) is 6.12. The number of ketones is 1. The summed E-state index contributed by atoms with van der Waals surface area (Å²) in [6, 6.07) is 10.1. The van der Waals surface area contributed by atoms with Crippen LogP contribution in [0, 0.1) is 10.3 Å². The second kappa shape index (κ2) is 8.81. The number of ether oxygens (including phenoxy) is 2. The van der Waals surface area contributed by atoms with E-state index in [1.165, 1.54) is 12.1 Å². The van der Waals surface area contributed by atoms with E-state index < -0.39 is 0 Å². The smallest absolute Gasteiger partial charge is 0.167 e. The van der Waals surface area contributed by atoms with Gasteiger partial charge in [-0.2, -0.15) is 0 Å². The van der Waals surface area contributed by atoms with E-state index in [1.807, 2.05) is 19.1 Å². The quantitative estimate of drug-likeness (QED) is 0.533. The van der Waals surface area contributed by atoms with Crippen molar-refractivity contribution in [1.82, 2.24) is 0 Å². The summed E-state index contributed by atoms with van der Waals surface area (Å²) in [5.74, 6) is 1.06. The number of carbonyl (C=O) groups is 1. The van der Waals surface area contributed by atoms with Gasteiger partial charge in [0.05, 0.1) is 10.6 Å². The lowest BCUT2D eigenvalue weighted by Crippen LogP contribution is -2.36. The normalized spacial score (nSPS) is 18.3. The number of carbonyl (C=O) groups excluding carboxylic acids is 1. The lowest BCUT2D eigenvalue weighted by Gasteiger charge is -2.39. The predicted octanol–water partition coefficient (Wildman–Crippen LogP) is 6.52. The number of aliphatic hydroxyl groups is 1. The average molecular weight is 442 g/mol. The molecule has 1 saturated heterocycles. The third-order valence-corrected chi connectivity index (χ3v) is 6.49. The van der Waals surface area contributed by atoms with Crippen LogP contribution in [0.3, 0.4) is 0 Å². The van der Waals surface area contributed by atoms with Crippen LogP contribution in [0.5, 0.6) is 11.5 Å². The molecule has 31 heavy (non-hydrogen) atoms. The highest BCUT2D eigenvalue weighted by molar-refractivity contribution is 6.33. The molecule has 0 bridgehead atoms. The summed E-state index contributed by atoms with van der Waals surface area (Å²) in [6.45, 7) is 3.26. The number of hydrogen-bond donors (Lipinski definition) is 1. The van der Waals surface area contributed by atoms with E-state index in [4.69, 9.17) is 21.1 Å². The Labute approximate surface area is 185 Å². The molecule has 1 aliphatic carbocycles. The van der Waals surface area contributed by atoms with Gasteiger partial charge in [-0.05, 0) is 65.2 Å². The summed E-state index contributed by atoms with van der Waals surface area (Å²) in [5, 5.41) is 14.0. The standard InChI is InChI=1S/C24H24ClNO5/c1-2-15-3-4-16(31-17-5-6-20(26-29)19(25)12-17)11-18(15)23-21(27)13-24(14-22(23)28)7-9-30-10-8-24/h3-6,11-12,27H,2,7-10,13-14H2,1H3. The molecule has 2 aromatic rings. The molecule has 0 radical (unpaired) electrons. The van der Waals surface area contributed by atoms with Crippen molar-refractivity contribution in [3.63, 3.8) is 0 Å². The Balaban J connectivity index is 1.67. The zero-order chi connectivity index (χ0) is 22.0. The minimum Gasteiger partial charge on any atom is -0.512 e. The van der Waals surface area contributed by atoms with Crippen LogP contribution in [0.15, 0.2) is 47.3 Å². The predicted molar refractivity (Wildman–Crippen MR) is 119 cm³/mol. The van der Waals surface area contributed by atoms with Gasteiger partial charge < -0.3 is 14.6 Å². The second-order valence-electron chi connectivity index (χ2n) is 8.19. The average Bonchev–Trinajstić information content (AvgIpc) is 2.74. The lowest BCUT2D eigenvalue weighted by atomic mass is 9.67. The molecule has 1 fully saturated rings. The number of nitrogens with zero attached hydrogens (tertiary/aromatic N) is 1. The van der Waals surface area contributed by atoms with Crippen LogP contribution in [0.25, 0.3) is 5.57 Å². The minimum atomic E-state index is -0.200. The molecule has 1 heterocycles. The van der Waals surface area contributed by atoms with E-state index >= 15 is 0 Å². The number of rotatable bonds is 5. The van der Waals surface area contributed by atoms with E-state index in [2.05, 4.69) is 5.18 Å². The highest BCUT2D eigenvalue weighted by Gasteiger charge is 2.41. The first-order chi connectivity index (χ1) is 14.9. The van der Waals surface area contributed by atoms with Gasteiger partial charge in [0.1, 0.15) is 22.9 Å². The van der Waals surface area contributed by atoms with Crippen molar-refractivity contribution in [3.8, 4) is 11.5 Å². The summed E-state index contributed by atoms with van der Waals surface area (Å²) in [5.41, 5.74) is 1.98. The summed E-state index contributed by atoms with van der Waals surface area (Å²) in [7, 11) is 0. The Bertz CT molecular complexity index is 1060. The summed E-state index contributed by atoms with van der Waals surface area (Å²) in [6.07, 6.45) is 3.18. The van der Waals surface area contributed by atoms with Gasteiger partial charge >= 0.3 is 0 Å². The second-order valence-corrected chi connectivity index (χ2v) is 8.60. The topological polar surface area (TPSA) is 85.2 Å². The van der Waals surface area contributed by atoms with Crippen molar-refractivity contribution in [2.24, 2.45) is 10.6 Å². The third kappa shape index (κ3) is 4.36. The van der Waals surface area contributed by atoms with Crippen LogP contribution in [0.4, 0.5) is 5.69 Å². The highest BCUT2D eigenvalue weighted by atomic mass is 35.5. The van der Waals surface area contributed by atoms with Crippen molar-refractivity contribution in [3.05, 3.63) is 63.2 Å². The number of hydrogen-bond acceptors (Lipinski definition) is 6. The number of nitroso groups, excluding NO2 is 1. The fourth-order valence-electron chi connectivity index (χ4n) is 4.48. The van der Waals surface area contributed by atoms with Crippen LogP contribution in [-0.2, 0) is 16.0 Å². The number of Topliss-reactive ketones (excluding diaryl/α,β-unsaturated/α-hetero) is 1. The fraction of sp³-hybridized carbons (Fsp3) is 0.375. The van der Waals surface area contributed by atoms with Gasteiger partial charge in [0.25, 0.3) is 0 Å². The zero-order valence-electron chi connectivity index (χ0n) is 17.3. The Morgan fingerprint density at radius 1 is 1.13 bits per heavy atom. The van der Waals surface area contributed by atoms with Gasteiger partial charge in [0, 0.05) is 32.1 Å². The Morgan fingerprint density at radius 3 is 2.48 bits per heavy atom. The largest absolute Gasteiger partial charge is 0.512 e. The molecule has 1 spiro atoms. The first-order valence-corrected chi connectivity index (χ1v) is 10.8. The monoisotopic (exact) mass is 441 g/mol. The molecule has 0 amide bonds. The Hall–Kier alpha value is -2.70. The molecule has 1 aliphatic heterocycles. The third-order valence-electron chi connectivity index (χ3n) is 6.18. The molecule has 7 heteroatoms. The Morgan fingerprint density at radius 2 is 1.84 bits per heavy atom. The van der Waals surface area contributed by atoms with Crippen LogP contribution in [0.2, 0.25) is 5.02 Å². The molecule has 162 valence electrons. The van der Waals surface area contributed by atoms with Crippen molar-refractivity contribution < 1.29 is 19.4 Å². The number of benzene rings is 2. The summed E-state index contributed by atoms with van der Waals surface area (Å²) < 4.78 is 11.4. The molecule has 4 rings (SSSR count). The first kappa shape index (κ1) is 21.5. The van der Waals surface area contributed by atoms with E-state index in [0.717, 1.165) is 18.4 Å². The lowest BCUT2D eigenvalue weighted by molar-refractivity contribution is -0.118. The molecule has 0 saturated carbocycles. The molecule has 2 aliphatic rings. The van der Waals surface area contributed by atoms with Gasteiger partial charge in [-0.25, -0.2) is 0 Å². The number of aryl methyl sites for hydroxylation is 1. The van der Waals surface area contributed by atoms with Crippen LogP contribution in [-0.4, -0.2) is 24.1 Å².